The minimum Gasteiger partial charge on any atom is -0.0584 e. The highest BCUT2D eigenvalue weighted by Crippen LogP contribution is 2.63. The first-order chi connectivity index (χ1) is 5.42. The van der Waals surface area contributed by atoms with Gasteiger partial charge < -0.3 is 0 Å². The predicted octanol–water partition coefficient (Wildman–Crippen LogP) is 2.18. The zero-order valence-electron chi connectivity index (χ0n) is 6.48. The van der Waals surface area contributed by atoms with Crippen LogP contribution in [0.15, 0.2) is 12.1 Å². The van der Waals surface area contributed by atoms with Gasteiger partial charge in [-0.15, -0.1) is 0 Å². The van der Waals surface area contributed by atoms with Crippen molar-refractivity contribution in [3.05, 3.63) is 34.4 Å². The fourth-order valence-electron chi connectivity index (χ4n) is 3.61. The maximum atomic E-state index is 2.39. The van der Waals surface area contributed by atoms with Crippen LogP contribution in [0.4, 0.5) is 0 Å². The molecule has 0 aliphatic heterocycles. The van der Waals surface area contributed by atoms with Crippen LogP contribution in [0.1, 0.15) is 35.1 Å². The van der Waals surface area contributed by atoms with Gasteiger partial charge in [0, 0.05) is 5.41 Å². The molecular weight excluding hydrogens is 132 g/mol. The first kappa shape index (κ1) is 4.97. The van der Waals surface area contributed by atoms with Gasteiger partial charge in [0.25, 0.3) is 0 Å². The molecule has 0 N–H and O–H groups in total. The highest BCUT2D eigenvalue weighted by molar-refractivity contribution is 5.68. The number of hydrogen-bond donors (Lipinski definition) is 0. The molecule has 0 radical (unpaired) electrons. The highest BCUT2D eigenvalue weighted by atomic mass is 14.6. The molecule has 5 aliphatic carbocycles. The van der Waals surface area contributed by atoms with Crippen LogP contribution in [-0.2, 0) is 18.3 Å². The maximum Gasteiger partial charge on any atom is 0.0217 e. The minimum atomic E-state index is 0.638. The van der Waals surface area contributed by atoms with E-state index in [1.54, 1.807) is 22.3 Å². The molecule has 0 aromatic heterocycles. The molecule has 5 bridgehead atoms. The Bertz CT molecular complexity index is 369. The molecule has 0 saturated carbocycles. The lowest BCUT2D eigenvalue weighted by molar-refractivity contribution is 0.509. The molecular formula is C11H10. The van der Waals surface area contributed by atoms with E-state index in [1.165, 1.54) is 25.7 Å². The van der Waals surface area contributed by atoms with E-state index < -0.39 is 0 Å². The molecule has 1 atom stereocenters. The van der Waals surface area contributed by atoms with E-state index >= 15 is 0 Å². The Labute approximate surface area is 66.2 Å². The van der Waals surface area contributed by atoms with E-state index in [-0.39, 0.29) is 0 Å². The van der Waals surface area contributed by atoms with Gasteiger partial charge in [0.1, 0.15) is 0 Å². The molecule has 5 aliphatic rings. The first-order valence-electron chi connectivity index (χ1n) is 4.57. The van der Waals surface area contributed by atoms with Crippen LogP contribution in [0, 0.1) is 0 Å². The summed E-state index contributed by atoms with van der Waals surface area (Å²) in [5, 5.41) is 0. The Hall–Kier alpha value is -0.780. The fraction of sp³-hybridized carbons (Fsp3) is 0.455. The van der Waals surface area contributed by atoms with Crippen LogP contribution in [0.2, 0.25) is 0 Å². The normalized spacial score (nSPS) is 34.2. The van der Waals surface area contributed by atoms with Gasteiger partial charge in [0.15, 0.2) is 0 Å². The Kier molecular flexibility index (Phi) is 0.522. The lowest BCUT2D eigenvalue weighted by Crippen LogP contribution is -2.27. The molecule has 1 unspecified atom stereocenters. The molecule has 0 heterocycles. The van der Waals surface area contributed by atoms with Gasteiger partial charge in [0.2, 0.25) is 0 Å². The van der Waals surface area contributed by atoms with Crippen LogP contribution >= 0.6 is 0 Å². The smallest absolute Gasteiger partial charge is 0.0217 e. The van der Waals surface area contributed by atoms with Crippen molar-refractivity contribution in [1.82, 2.24) is 0 Å². The predicted molar refractivity (Wildman–Crippen MR) is 43.9 cm³/mol. The summed E-state index contributed by atoms with van der Waals surface area (Å²) in [7, 11) is 0. The number of fused-ring (bicyclic) bond motifs is 2. The Balaban J connectivity index is 2.28. The van der Waals surface area contributed by atoms with Gasteiger partial charge in [-0.2, -0.15) is 0 Å². The van der Waals surface area contributed by atoms with Crippen molar-refractivity contribution in [3.8, 4) is 0 Å². The summed E-state index contributed by atoms with van der Waals surface area (Å²) in [6.07, 6.45) is 5.63. The lowest BCUT2D eigenvalue weighted by atomic mass is 9.69. The first-order valence-corrected chi connectivity index (χ1v) is 4.57. The second kappa shape index (κ2) is 1.16. The highest BCUT2D eigenvalue weighted by Gasteiger charge is 2.55. The molecule has 0 amide bonds. The van der Waals surface area contributed by atoms with Crippen LogP contribution in [0.5, 0.6) is 0 Å². The van der Waals surface area contributed by atoms with Crippen molar-refractivity contribution in [2.45, 2.75) is 31.1 Å². The van der Waals surface area contributed by atoms with Gasteiger partial charge >= 0.3 is 0 Å². The van der Waals surface area contributed by atoms with Crippen LogP contribution in [-0.4, -0.2) is 0 Å². The second-order valence-corrected chi connectivity index (χ2v) is 4.21. The summed E-state index contributed by atoms with van der Waals surface area (Å²) >= 11 is 0. The third kappa shape index (κ3) is 0.297. The zero-order chi connectivity index (χ0) is 7.05. The number of rotatable bonds is 0. The van der Waals surface area contributed by atoms with Gasteiger partial charge in [-0.1, -0.05) is 12.1 Å². The summed E-state index contributed by atoms with van der Waals surface area (Å²) in [6.45, 7) is 0. The van der Waals surface area contributed by atoms with E-state index in [0.717, 1.165) is 0 Å². The summed E-state index contributed by atoms with van der Waals surface area (Å²) < 4.78 is 0. The van der Waals surface area contributed by atoms with E-state index in [1.807, 2.05) is 0 Å². The molecule has 0 nitrogen and oxygen atoms in total. The standard InChI is InChI=1S/C11H10/c1-2-9-8-4-6-11(9)5-3-7(1)10(8)11/h1-2H,3-6H2. The van der Waals surface area contributed by atoms with Gasteiger partial charge in [-0.05, 0) is 47.9 Å². The average molecular weight is 142 g/mol. The Morgan fingerprint density at radius 2 is 2.00 bits per heavy atom. The summed E-state index contributed by atoms with van der Waals surface area (Å²) in [6, 6.07) is 4.74. The third-order valence-corrected chi connectivity index (χ3v) is 4.02. The summed E-state index contributed by atoms with van der Waals surface area (Å²) in [5.41, 5.74) is 7.55. The van der Waals surface area contributed by atoms with Crippen LogP contribution < -0.4 is 0 Å². The topological polar surface area (TPSA) is 0 Å². The van der Waals surface area contributed by atoms with Crippen molar-refractivity contribution in [3.63, 3.8) is 0 Å². The van der Waals surface area contributed by atoms with E-state index in [9.17, 15) is 0 Å². The van der Waals surface area contributed by atoms with Crippen molar-refractivity contribution < 1.29 is 0 Å². The zero-order valence-corrected chi connectivity index (χ0v) is 6.48. The average Bonchev–Trinajstić information content (AvgIpc) is 2.62. The number of benzene rings is 1. The molecule has 1 spiro atoms. The molecule has 0 heteroatoms. The molecule has 11 heavy (non-hydrogen) atoms. The number of aryl methyl sites for hydroxylation is 2. The quantitative estimate of drug-likeness (QED) is 0.521. The maximum absolute atomic E-state index is 2.39. The molecule has 1 aromatic carbocycles. The van der Waals surface area contributed by atoms with Gasteiger partial charge in [0.05, 0.1) is 0 Å². The molecule has 1 aromatic rings. The van der Waals surface area contributed by atoms with E-state index in [4.69, 9.17) is 0 Å². The van der Waals surface area contributed by atoms with Gasteiger partial charge in [-0.3, -0.25) is 0 Å². The van der Waals surface area contributed by atoms with E-state index in [2.05, 4.69) is 12.1 Å². The minimum absolute atomic E-state index is 0.638. The SMILES string of the molecule is c1cc2c3c4c1CCC24CC3. The third-order valence-electron chi connectivity index (χ3n) is 4.02. The monoisotopic (exact) mass is 142 g/mol. The Morgan fingerprint density at radius 3 is 2.91 bits per heavy atom. The molecule has 6 rings (SSSR count). The van der Waals surface area contributed by atoms with Crippen molar-refractivity contribution in [2.75, 3.05) is 0 Å². The van der Waals surface area contributed by atoms with Crippen LogP contribution in [0.3, 0.4) is 0 Å². The van der Waals surface area contributed by atoms with Gasteiger partial charge in [-0.25, -0.2) is 0 Å². The Morgan fingerprint density at radius 1 is 1.09 bits per heavy atom. The lowest BCUT2D eigenvalue weighted by Gasteiger charge is -2.34. The van der Waals surface area contributed by atoms with E-state index in [0.29, 0.717) is 5.41 Å². The second-order valence-electron chi connectivity index (χ2n) is 4.21. The van der Waals surface area contributed by atoms with Crippen molar-refractivity contribution >= 4 is 0 Å². The largest absolute Gasteiger partial charge is 0.0584 e. The molecule has 0 fully saturated rings. The van der Waals surface area contributed by atoms with Crippen molar-refractivity contribution in [1.29, 1.82) is 0 Å². The fourth-order valence-corrected chi connectivity index (χ4v) is 3.61. The summed E-state index contributed by atoms with van der Waals surface area (Å²) in [4.78, 5) is 0. The molecule has 54 valence electrons. The summed E-state index contributed by atoms with van der Waals surface area (Å²) in [5.74, 6) is 0. The van der Waals surface area contributed by atoms with Crippen LogP contribution in [0.25, 0.3) is 0 Å². The van der Waals surface area contributed by atoms with Crippen molar-refractivity contribution in [2.24, 2.45) is 0 Å². The molecule has 0 saturated heterocycles. The number of hydrogen-bond acceptors (Lipinski definition) is 0.